The number of carbonyl (C=O) groups excluding carboxylic acids is 2. The summed E-state index contributed by atoms with van der Waals surface area (Å²) in [6.07, 6.45) is 1.89. The minimum atomic E-state index is -0.419. The van der Waals surface area contributed by atoms with Crippen LogP contribution in [0.1, 0.15) is 64.5 Å². The molecule has 1 saturated carbocycles. The number of fused-ring (bicyclic) bond motifs is 1. The van der Waals surface area contributed by atoms with Crippen LogP contribution in [0.4, 0.5) is 5.69 Å². The second-order valence-corrected chi connectivity index (χ2v) is 10.7. The van der Waals surface area contributed by atoms with Gasteiger partial charge in [-0.2, -0.15) is 0 Å². The van der Waals surface area contributed by atoms with Crippen molar-refractivity contribution in [1.29, 1.82) is 0 Å². The van der Waals surface area contributed by atoms with Crippen LogP contribution in [0.3, 0.4) is 0 Å². The van der Waals surface area contributed by atoms with Crippen LogP contribution in [-0.2, 0) is 20.7 Å². The molecule has 1 unspecified atom stereocenters. The van der Waals surface area contributed by atoms with E-state index in [-0.39, 0.29) is 29.7 Å². The summed E-state index contributed by atoms with van der Waals surface area (Å²) in [7, 11) is 0. The Hall–Kier alpha value is -3.21. The van der Waals surface area contributed by atoms with Crippen LogP contribution < -0.4 is 4.90 Å². The minimum absolute atomic E-state index is 0.127. The highest BCUT2D eigenvalue weighted by Gasteiger charge is 2.47. The molecule has 4 rings (SSSR count). The van der Waals surface area contributed by atoms with Gasteiger partial charge in [-0.1, -0.05) is 56.3 Å². The van der Waals surface area contributed by atoms with Crippen molar-refractivity contribution in [2.45, 2.75) is 59.8 Å². The first-order chi connectivity index (χ1) is 17.2. The summed E-state index contributed by atoms with van der Waals surface area (Å²) in [5.74, 6) is -1.01. The van der Waals surface area contributed by atoms with Gasteiger partial charge >= 0.3 is 5.97 Å². The van der Waals surface area contributed by atoms with Crippen LogP contribution in [0, 0.1) is 11.3 Å². The second kappa shape index (κ2) is 10.8. The van der Waals surface area contributed by atoms with Gasteiger partial charge in [-0.15, -0.1) is 0 Å². The maximum Gasteiger partial charge on any atom is 0.336 e. The van der Waals surface area contributed by atoms with Crippen LogP contribution in [0.2, 0.25) is 0 Å². The van der Waals surface area contributed by atoms with Crippen LogP contribution in [0.15, 0.2) is 70.9 Å². The number of benzene rings is 2. The van der Waals surface area contributed by atoms with E-state index in [2.05, 4.69) is 56.9 Å². The van der Waals surface area contributed by atoms with Crippen molar-refractivity contribution in [2.24, 2.45) is 16.3 Å². The normalized spacial score (nSPS) is 21.0. The average molecular weight is 487 g/mol. The molecule has 2 aromatic rings. The Balaban J connectivity index is 1.67. The predicted octanol–water partition coefficient (Wildman–Crippen LogP) is 6.14. The van der Waals surface area contributed by atoms with E-state index in [1.807, 2.05) is 37.3 Å². The smallest absolute Gasteiger partial charge is 0.336 e. The van der Waals surface area contributed by atoms with Gasteiger partial charge in [0.1, 0.15) is 5.78 Å². The largest absolute Gasteiger partial charge is 0.462 e. The highest BCUT2D eigenvalue weighted by atomic mass is 16.5. The molecule has 1 fully saturated rings. The van der Waals surface area contributed by atoms with Gasteiger partial charge < -0.3 is 9.64 Å². The Morgan fingerprint density at radius 1 is 1.00 bits per heavy atom. The lowest BCUT2D eigenvalue weighted by molar-refractivity contribution is -0.139. The Morgan fingerprint density at radius 2 is 1.67 bits per heavy atom. The monoisotopic (exact) mass is 486 g/mol. The van der Waals surface area contributed by atoms with Gasteiger partial charge in [-0.05, 0) is 55.9 Å². The molecule has 0 spiro atoms. The van der Waals surface area contributed by atoms with Gasteiger partial charge in [0, 0.05) is 48.9 Å². The van der Waals surface area contributed by atoms with Crippen molar-refractivity contribution >= 4 is 23.2 Å². The lowest BCUT2D eigenvalue weighted by Gasteiger charge is -2.41. The molecule has 2 aromatic carbocycles. The number of hydrogen-bond donors (Lipinski definition) is 0. The molecular formula is C31H38N2O3. The van der Waals surface area contributed by atoms with E-state index in [1.54, 1.807) is 0 Å². The summed E-state index contributed by atoms with van der Waals surface area (Å²) < 4.78 is 5.77. The van der Waals surface area contributed by atoms with Gasteiger partial charge in [-0.25, -0.2) is 4.79 Å². The number of ketones is 1. The maximum atomic E-state index is 13.5. The number of aliphatic imine (C=N–C) groups is 1. The molecular weight excluding hydrogens is 448 g/mol. The molecule has 190 valence electrons. The van der Waals surface area contributed by atoms with E-state index in [9.17, 15) is 9.59 Å². The standard InChI is InChI=1S/C31H38N2O3/c1-6-33(7-2)24-15-13-23(14-16-24)28-27(30(35)36-18-17-22-11-9-8-10-12-22)21(3)32-25-19-31(4,5)20-26(34)29(25)28/h8-16,28-29H,6-7,17-20H2,1-5H3/t28-,29?/m1/s1. The van der Waals surface area contributed by atoms with Gasteiger partial charge in [0.15, 0.2) is 0 Å². The van der Waals surface area contributed by atoms with E-state index in [0.717, 1.165) is 42.0 Å². The Bertz CT molecular complexity index is 1160. The molecule has 0 bridgehead atoms. The number of carbonyl (C=O) groups is 2. The van der Waals surface area contributed by atoms with Gasteiger partial charge in [0.25, 0.3) is 0 Å². The van der Waals surface area contributed by atoms with Crippen molar-refractivity contribution in [3.8, 4) is 0 Å². The molecule has 1 aliphatic carbocycles. The van der Waals surface area contributed by atoms with Crippen molar-refractivity contribution in [1.82, 2.24) is 0 Å². The maximum absolute atomic E-state index is 13.5. The zero-order chi connectivity index (χ0) is 25.9. The van der Waals surface area contributed by atoms with E-state index in [1.165, 1.54) is 0 Å². The third-order valence-electron chi connectivity index (χ3n) is 7.43. The van der Waals surface area contributed by atoms with E-state index in [0.29, 0.717) is 24.1 Å². The predicted molar refractivity (Wildman–Crippen MR) is 145 cm³/mol. The molecule has 0 radical (unpaired) electrons. The minimum Gasteiger partial charge on any atom is -0.462 e. The molecule has 5 nitrogen and oxygen atoms in total. The molecule has 0 aromatic heterocycles. The zero-order valence-corrected chi connectivity index (χ0v) is 22.2. The number of allylic oxidation sites excluding steroid dienone is 1. The average Bonchev–Trinajstić information content (AvgIpc) is 2.84. The number of ether oxygens (including phenoxy) is 1. The Morgan fingerprint density at radius 3 is 2.31 bits per heavy atom. The lowest BCUT2D eigenvalue weighted by atomic mass is 9.63. The molecule has 2 atom stereocenters. The molecule has 1 heterocycles. The number of esters is 1. The van der Waals surface area contributed by atoms with E-state index >= 15 is 0 Å². The van der Waals surface area contributed by atoms with Crippen LogP contribution >= 0.6 is 0 Å². The second-order valence-electron chi connectivity index (χ2n) is 10.7. The zero-order valence-electron chi connectivity index (χ0n) is 22.2. The molecule has 0 saturated heterocycles. The van der Waals surface area contributed by atoms with Gasteiger partial charge in [-0.3, -0.25) is 9.79 Å². The highest BCUT2D eigenvalue weighted by molar-refractivity contribution is 6.12. The molecule has 36 heavy (non-hydrogen) atoms. The third kappa shape index (κ3) is 5.45. The summed E-state index contributed by atoms with van der Waals surface area (Å²) in [5.41, 5.74) is 5.16. The molecule has 0 N–H and O–H groups in total. The summed E-state index contributed by atoms with van der Waals surface area (Å²) in [6.45, 7) is 12.5. The summed E-state index contributed by atoms with van der Waals surface area (Å²) in [4.78, 5) is 34.1. The number of anilines is 1. The topological polar surface area (TPSA) is 59.0 Å². The number of nitrogens with zero attached hydrogens (tertiary/aromatic N) is 2. The highest BCUT2D eigenvalue weighted by Crippen LogP contribution is 2.47. The quantitative estimate of drug-likeness (QED) is 0.421. The van der Waals surface area contributed by atoms with Gasteiger partial charge in [0.2, 0.25) is 0 Å². The van der Waals surface area contributed by atoms with Crippen molar-refractivity contribution in [3.05, 3.63) is 77.0 Å². The Kier molecular flexibility index (Phi) is 7.77. The first-order valence-corrected chi connectivity index (χ1v) is 13.1. The van der Waals surface area contributed by atoms with Crippen LogP contribution in [0.25, 0.3) is 0 Å². The Labute approximate surface area is 215 Å². The van der Waals surface area contributed by atoms with E-state index < -0.39 is 5.92 Å². The first-order valence-electron chi connectivity index (χ1n) is 13.1. The summed E-state index contributed by atoms with van der Waals surface area (Å²) in [6, 6.07) is 18.3. The van der Waals surface area contributed by atoms with Crippen molar-refractivity contribution in [2.75, 3.05) is 24.6 Å². The molecule has 1 aliphatic heterocycles. The van der Waals surface area contributed by atoms with Crippen LogP contribution in [0.5, 0.6) is 0 Å². The number of hydrogen-bond acceptors (Lipinski definition) is 5. The first kappa shape index (κ1) is 25.9. The molecule has 2 aliphatic rings. The number of Topliss-reactive ketones (excluding diaryl/α,β-unsaturated/α-hetero) is 1. The SMILES string of the molecule is CCN(CC)c1ccc([C@@H]2C(C(=O)OCCc3ccccc3)=C(C)N=C3CC(C)(C)CC(=O)C32)cc1. The summed E-state index contributed by atoms with van der Waals surface area (Å²) in [5, 5.41) is 0. The van der Waals surface area contributed by atoms with Crippen LogP contribution in [-0.4, -0.2) is 37.2 Å². The lowest BCUT2D eigenvalue weighted by Crippen LogP contribution is -2.44. The fraction of sp³-hybridized carbons (Fsp3) is 0.452. The van der Waals surface area contributed by atoms with E-state index in [4.69, 9.17) is 9.73 Å². The molecule has 0 amide bonds. The van der Waals surface area contributed by atoms with Crippen molar-refractivity contribution in [3.63, 3.8) is 0 Å². The van der Waals surface area contributed by atoms with Gasteiger partial charge in [0.05, 0.1) is 18.1 Å². The molecule has 5 heteroatoms. The summed E-state index contributed by atoms with van der Waals surface area (Å²) >= 11 is 0. The van der Waals surface area contributed by atoms with Crippen molar-refractivity contribution < 1.29 is 14.3 Å². The fourth-order valence-electron chi connectivity index (χ4n) is 5.68. The third-order valence-corrected chi connectivity index (χ3v) is 7.43. The number of rotatable bonds is 8. The fourth-order valence-corrected chi connectivity index (χ4v) is 5.68.